The lowest BCUT2D eigenvalue weighted by molar-refractivity contribution is -0.384. The number of rotatable bonds is 6. The molecule has 0 radical (unpaired) electrons. The molecule has 0 unspecified atom stereocenters. The maximum atomic E-state index is 12.4. The second kappa shape index (κ2) is 8.70. The van der Waals surface area contributed by atoms with Crippen molar-refractivity contribution in [2.45, 2.75) is 6.92 Å². The fourth-order valence-corrected chi connectivity index (χ4v) is 3.22. The Balaban J connectivity index is 1.61. The van der Waals surface area contributed by atoms with E-state index < -0.39 is 41.8 Å². The van der Waals surface area contributed by atoms with E-state index in [9.17, 15) is 29.3 Å². The summed E-state index contributed by atoms with van der Waals surface area (Å²) >= 11 is 11.7. The van der Waals surface area contributed by atoms with Crippen molar-refractivity contribution in [3.63, 3.8) is 0 Å². The molecule has 1 aliphatic heterocycles. The summed E-state index contributed by atoms with van der Waals surface area (Å²) in [6.45, 7) is 0.0555. The SMILES string of the molecule is Cc1cccc([N+](=O)[O-])c1NC(=O)COC(=O)CN1C(=O)c2cc(Cl)c(Cl)cc2C1=O. The van der Waals surface area contributed by atoms with Gasteiger partial charge in [0.25, 0.3) is 23.4 Å². The minimum Gasteiger partial charge on any atom is -0.454 e. The van der Waals surface area contributed by atoms with E-state index in [4.69, 9.17) is 27.9 Å². The van der Waals surface area contributed by atoms with Crippen LogP contribution in [0.3, 0.4) is 0 Å². The molecule has 1 heterocycles. The number of carbonyl (C=O) groups is 4. The van der Waals surface area contributed by atoms with Gasteiger partial charge < -0.3 is 10.1 Å². The third-order valence-electron chi connectivity index (χ3n) is 4.37. The number of benzene rings is 2. The molecule has 1 N–H and O–H groups in total. The maximum Gasteiger partial charge on any atom is 0.326 e. The number of esters is 1. The number of nitrogens with one attached hydrogen (secondary N) is 1. The van der Waals surface area contributed by atoms with Crippen molar-refractivity contribution >= 4 is 58.3 Å². The van der Waals surface area contributed by atoms with Crippen molar-refractivity contribution in [2.24, 2.45) is 0 Å². The summed E-state index contributed by atoms with van der Waals surface area (Å²) in [6.07, 6.45) is 0. The average Bonchev–Trinajstić information content (AvgIpc) is 2.92. The van der Waals surface area contributed by atoms with Gasteiger partial charge in [0.05, 0.1) is 26.1 Å². The summed E-state index contributed by atoms with van der Waals surface area (Å²) in [5.41, 5.74) is 0.0940. The highest BCUT2D eigenvalue weighted by atomic mass is 35.5. The molecule has 31 heavy (non-hydrogen) atoms. The molecule has 0 saturated carbocycles. The predicted molar refractivity (Wildman–Crippen MR) is 109 cm³/mol. The zero-order valence-electron chi connectivity index (χ0n) is 15.8. The van der Waals surface area contributed by atoms with Gasteiger partial charge >= 0.3 is 5.97 Å². The molecule has 0 atom stereocenters. The van der Waals surface area contributed by atoms with E-state index in [1.165, 1.54) is 24.3 Å². The van der Waals surface area contributed by atoms with Crippen molar-refractivity contribution < 1.29 is 28.8 Å². The molecule has 3 amide bonds. The first-order valence-corrected chi connectivity index (χ1v) is 9.40. The van der Waals surface area contributed by atoms with Crippen molar-refractivity contribution in [2.75, 3.05) is 18.5 Å². The molecule has 12 heteroatoms. The highest BCUT2D eigenvalue weighted by molar-refractivity contribution is 6.43. The number of hydrogen-bond donors (Lipinski definition) is 1. The van der Waals surface area contributed by atoms with Gasteiger partial charge in [-0.3, -0.25) is 34.2 Å². The number of nitrogens with zero attached hydrogens (tertiary/aromatic N) is 2. The predicted octanol–water partition coefficient (Wildman–Crippen LogP) is 2.99. The van der Waals surface area contributed by atoms with Crippen LogP contribution in [0.5, 0.6) is 0 Å². The van der Waals surface area contributed by atoms with Gasteiger partial charge in [0.1, 0.15) is 12.2 Å². The highest BCUT2D eigenvalue weighted by Gasteiger charge is 2.37. The standard InChI is InChI=1S/C19H13Cl2N3O7/c1-9-3-2-4-14(24(29)30)17(9)22-15(25)8-31-16(26)7-23-18(27)10-5-12(20)13(21)6-11(10)19(23)28/h2-6H,7-8H2,1H3,(H,22,25). The number of imide groups is 1. The van der Waals surface area contributed by atoms with Gasteiger partial charge in [0.15, 0.2) is 6.61 Å². The van der Waals surface area contributed by atoms with Crippen LogP contribution in [0.25, 0.3) is 0 Å². The van der Waals surface area contributed by atoms with Crippen LogP contribution in [-0.2, 0) is 14.3 Å². The van der Waals surface area contributed by atoms with E-state index in [-0.39, 0.29) is 32.5 Å². The Kier molecular flexibility index (Phi) is 6.23. The summed E-state index contributed by atoms with van der Waals surface area (Å²) in [5.74, 6) is -3.36. The number of ether oxygens (including phenoxy) is 1. The highest BCUT2D eigenvalue weighted by Crippen LogP contribution is 2.31. The minimum atomic E-state index is -1.03. The third-order valence-corrected chi connectivity index (χ3v) is 5.10. The second-order valence-corrected chi connectivity index (χ2v) is 7.26. The molecule has 3 rings (SSSR count). The van der Waals surface area contributed by atoms with Crippen LogP contribution >= 0.6 is 23.2 Å². The first kappa shape index (κ1) is 22.2. The van der Waals surface area contributed by atoms with Gasteiger partial charge in [-0.15, -0.1) is 0 Å². The van der Waals surface area contributed by atoms with Crippen LogP contribution in [0.2, 0.25) is 10.0 Å². The zero-order valence-corrected chi connectivity index (χ0v) is 17.3. The van der Waals surface area contributed by atoms with E-state index in [1.807, 2.05) is 0 Å². The van der Waals surface area contributed by atoms with Crippen LogP contribution < -0.4 is 5.32 Å². The molecule has 0 spiro atoms. The number of amides is 3. The van der Waals surface area contributed by atoms with Crippen LogP contribution in [0.4, 0.5) is 11.4 Å². The maximum absolute atomic E-state index is 12.4. The molecule has 160 valence electrons. The van der Waals surface area contributed by atoms with E-state index in [1.54, 1.807) is 13.0 Å². The third kappa shape index (κ3) is 4.49. The Hall–Kier alpha value is -3.50. The minimum absolute atomic E-state index is 0.00296. The van der Waals surface area contributed by atoms with Crippen molar-refractivity contribution in [1.82, 2.24) is 4.90 Å². The Labute approximate surface area is 184 Å². The van der Waals surface area contributed by atoms with Crippen molar-refractivity contribution in [1.29, 1.82) is 0 Å². The molecule has 0 bridgehead atoms. The molecule has 0 aromatic heterocycles. The molecule has 1 aliphatic rings. The zero-order chi connectivity index (χ0) is 22.9. The summed E-state index contributed by atoms with van der Waals surface area (Å²) in [4.78, 5) is 60.0. The largest absolute Gasteiger partial charge is 0.454 e. The fourth-order valence-electron chi connectivity index (χ4n) is 2.89. The van der Waals surface area contributed by atoms with E-state index >= 15 is 0 Å². The number of nitro benzene ring substituents is 1. The summed E-state index contributed by atoms with van der Waals surface area (Å²) < 4.78 is 4.80. The fraction of sp³-hybridized carbons (Fsp3) is 0.158. The molecule has 0 fully saturated rings. The van der Waals surface area contributed by atoms with Gasteiger partial charge in [-0.1, -0.05) is 35.3 Å². The van der Waals surface area contributed by atoms with Gasteiger partial charge in [-0.05, 0) is 24.6 Å². The molecule has 2 aromatic carbocycles. The first-order chi connectivity index (χ1) is 14.6. The monoisotopic (exact) mass is 465 g/mol. The molecular weight excluding hydrogens is 453 g/mol. The Morgan fingerprint density at radius 3 is 2.26 bits per heavy atom. The molecule has 0 aliphatic carbocycles. The number of aryl methyl sites for hydroxylation is 1. The number of halogens is 2. The lowest BCUT2D eigenvalue weighted by Crippen LogP contribution is -2.36. The number of nitro groups is 1. The van der Waals surface area contributed by atoms with Gasteiger partial charge in [-0.25, -0.2) is 0 Å². The van der Waals surface area contributed by atoms with Crippen molar-refractivity contribution in [3.05, 3.63) is 67.2 Å². The quantitative estimate of drug-likeness (QED) is 0.299. The number of fused-ring (bicyclic) bond motifs is 1. The molecule has 0 saturated heterocycles. The number of anilines is 1. The lowest BCUT2D eigenvalue weighted by Gasteiger charge is -2.13. The smallest absolute Gasteiger partial charge is 0.326 e. The van der Waals surface area contributed by atoms with E-state index in [2.05, 4.69) is 5.32 Å². The van der Waals surface area contributed by atoms with Crippen LogP contribution in [0, 0.1) is 17.0 Å². The topological polar surface area (TPSA) is 136 Å². The number of hydrogen-bond acceptors (Lipinski definition) is 7. The number of carbonyl (C=O) groups excluding carboxylic acids is 4. The lowest BCUT2D eigenvalue weighted by atomic mass is 10.1. The number of para-hydroxylation sites is 1. The molecule has 2 aromatic rings. The van der Waals surface area contributed by atoms with Crippen LogP contribution in [0.15, 0.2) is 30.3 Å². The summed E-state index contributed by atoms with van der Waals surface area (Å²) in [5, 5.41) is 13.6. The second-order valence-electron chi connectivity index (χ2n) is 6.44. The van der Waals surface area contributed by atoms with E-state index in [0.717, 1.165) is 0 Å². The van der Waals surface area contributed by atoms with Crippen LogP contribution in [-0.4, -0.2) is 46.7 Å². The van der Waals surface area contributed by atoms with Gasteiger partial charge in [0, 0.05) is 6.07 Å². The van der Waals surface area contributed by atoms with Gasteiger partial charge in [0.2, 0.25) is 0 Å². The average molecular weight is 466 g/mol. The Morgan fingerprint density at radius 2 is 1.71 bits per heavy atom. The Bertz CT molecular complexity index is 1110. The normalized spacial score (nSPS) is 12.5. The van der Waals surface area contributed by atoms with Gasteiger partial charge in [-0.2, -0.15) is 0 Å². The van der Waals surface area contributed by atoms with E-state index in [0.29, 0.717) is 10.5 Å². The summed E-state index contributed by atoms with van der Waals surface area (Å²) in [6, 6.07) is 6.71. The molecule has 10 nitrogen and oxygen atoms in total. The summed E-state index contributed by atoms with van der Waals surface area (Å²) in [7, 11) is 0. The Morgan fingerprint density at radius 1 is 1.13 bits per heavy atom. The van der Waals surface area contributed by atoms with Crippen molar-refractivity contribution in [3.8, 4) is 0 Å². The molecular formula is C19H13Cl2N3O7. The first-order valence-electron chi connectivity index (χ1n) is 8.65. The van der Waals surface area contributed by atoms with Crippen LogP contribution in [0.1, 0.15) is 26.3 Å².